The maximum atomic E-state index is 8.41. The lowest BCUT2D eigenvalue weighted by molar-refractivity contribution is 0.368. The minimum Gasteiger partial charge on any atom is -0.479 e. The SMILES string of the molecule is CC(C)(C)NC(=S)N/N=C\c1ccc(OCC#N)cc1. The van der Waals surface area contributed by atoms with Gasteiger partial charge in [0.05, 0.1) is 6.21 Å². The number of ether oxygens (including phenoxy) is 1. The van der Waals surface area contributed by atoms with Gasteiger partial charge in [0.25, 0.3) is 0 Å². The van der Waals surface area contributed by atoms with Crippen molar-refractivity contribution in [3.63, 3.8) is 0 Å². The molecule has 0 saturated carbocycles. The number of thiocarbonyl (C=S) groups is 1. The summed E-state index contributed by atoms with van der Waals surface area (Å²) in [5, 5.41) is 16.0. The van der Waals surface area contributed by atoms with Crippen LogP contribution in [-0.4, -0.2) is 23.5 Å². The second-order valence-corrected chi connectivity index (χ2v) is 5.50. The van der Waals surface area contributed by atoms with Crippen molar-refractivity contribution in [3.05, 3.63) is 29.8 Å². The van der Waals surface area contributed by atoms with E-state index in [2.05, 4.69) is 15.8 Å². The molecular formula is C14H18N4OS. The van der Waals surface area contributed by atoms with Gasteiger partial charge in [0.15, 0.2) is 11.7 Å². The number of hydrazone groups is 1. The summed E-state index contributed by atoms with van der Waals surface area (Å²) in [5.74, 6) is 0.654. The maximum absolute atomic E-state index is 8.41. The standard InChI is InChI=1S/C14H18N4OS/c1-14(2,3)17-13(20)18-16-10-11-4-6-12(7-5-11)19-9-8-15/h4-7,10H,9H2,1-3H3,(H2,17,18,20)/b16-10-. The maximum Gasteiger partial charge on any atom is 0.187 e. The number of nitrogens with one attached hydrogen (secondary N) is 2. The van der Waals surface area contributed by atoms with Crippen LogP contribution in [0.25, 0.3) is 0 Å². The molecule has 106 valence electrons. The van der Waals surface area contributed by atoms with E-state index in [0.717, 1.165) is 5.56 Å². The van der Waals surface area contributed by atoms with Crippen LogP contribution in [-0.2, 0) is 0 Å². The Hall–Kier alpha value is -2.13. The number of rotatable bonds is 4. The summed E-state index contributed by atoms with van der Waals surface area (Å²) >= 11 is 5.10. The van der Waals surface area contributed by atoms with Crippen LogP contribution < -0.4 is 15.5 Å². The van der Waals surface area contributed by atoms with Gasteiger partial charge in [0.2, 0.25) is 0 Å². The van der Waals surface area contributed by atoms with Crippen LogP contribution in [0, 0.1) is 11.3 Å². The van der Waals surface area contributed by atoms with E-state index < -0.39 is 0 Å². The first-order valence-electron chi connectivity index (χ1n) is 6.12. The van der Waals surface area contributed by atoms with Crippen LogP contribution >= 0.6 is 12.2 Å². The quantitative estimate of drug-likeness (QED) is 0.505. The van der Waals surface area contributed by atoms with Crippen molar-refractivity contribution in [2.24, 2.45) is 5.10 Å². The molecule has 1 rings (SSSR count). The van der Waals surface area contributed by atoms with Gasteiger partial charge in [-0.3, -0.25) is 5.43 Å². The number of hydrogen-bond donors (Lipinski definition) is 2. The van der Waals surface area contributed by atoms with Gasteiger partial charge < -0.3 is 10.1 Å². The molecule has 0 aliphatic rings. The highest BCUT2D eigenvalue weighted by atomic mass is 32.1. The molecule has 20 heavy (non-hydrogen) atoms. The van der Waals surface area contributed by atoms with Crippen LogP contribution in [0.1, 0.15) is 26.3 Å². The lowest BCUT2D eigenvalue weighted by Gasteiger charge is -2.21. The Morgan fingerprint density at radius 2 is 2.05 bits per heavy atom. The van der Waals surface area contributed by atoms with Crippen molar-refractivity contribution < 1.29 is 4.74 Å². The summed E-state index contributed by atoms with van der Waals surface area (Å²) < 4.78 is 5.16. The van der Waals surface area contributed by atoms with Crippen molar-refractivity contribution in [1.82, 2.24) is 10.7 Å². The second kappa shape index (κ2) is 7.46. The third-order valence-corrected chi connectivity index (χ3v) is 2.25. The molecule has 2 N–H and O–H groups in total. The monoisotopic (exact) mass is 290 g/mol. The van der Waals surface area contributed by atoms with Gasteiger partial charge in [-0.05, 0) is 62.8 Å². The Balaban J connectivity index is 2.46. The molecule has 0 saturated heterocycles. The predicted molar refractivity (Wildman–Crippen MR) is 83.8 cm³/mol. The van der Waals surface area contributed by atoms with Gasteiger partial charge in [-0.2, -0.15) is 10.4 Å². The van der Waals surface area contributed by atoms with Gasteiger partial charge in [-0.1, -0.05) is 0 Å². The summed E-state index contributed by atoms with van der Waals surface area (Å²) in [4.78, 5) is 0. The van der Waals surface area contributed by atoms with E-state index in [1.54, 1.807) is 18.3 Å². The van der Waals surface area contributed by atoms with E-state index in [1.807, 2.05) is 39.0 Å². The van der Waals surface area contributed by atoms with E-state index in [0.29, 0.717) is 10.9 Å². The molecule has 0 heterocycles. The molecule has 0 unspecified atom stereocenters. The summed E-state index contributed by atoms with van der Waals surface area (Å²) in [6, 6.07) is 9.17. The number of nitrogens with zero attached hydrogens (tertiary/aromatic N) is 2. The third kappa shape index (κ3) is 6.71. The molecule has 0 aliphatic heterocycles. The smallest absolute Gasteiger partial charge is 0.187 e. The first-order chi connectivity index (χ1) is 9.40. The Morgan fingerprint density at radius 3 is 2.60 bits per heavy atom. The fourth-order valence-electron chi connectivity index (χ4n) is 1.30. The van der Waals surface area contributed by atoms with E-state index >= 15 is 0 Å². The van der Waals surface area contributed by atoms with Crippen molar-refractivity contribution in [2.75, 3.05) is 6.61 Å². The molecule has 1 aromatic rings. The Kier molecular flexibility index (Phi) is 5.94. The average Bonchev–Trinajstić information content (AvgIpc) is 2.35. The molecule has 1 aromatic carbocycles. The average molecular weight is 290 g/mol. The van der Waals surface area contributed by atoms with Crippen molar-refractivity contribution in [2.45, 2.75) is 26.3 Å². The van der Waals surface area contributed by atoms with Crippen LogP contribution in [0.2, 0.25) is 0 Å². The first-order valence-corrected chi connectivity index (χ1v) is 6.52. The van der Waals surface area contributed by atoms with Crippen LogP contribution in [0.3, 0.4) is 0 Å². The number of benzene rings is 1. The minimum absolute atomic E-state index is 0.0434. The second-order valence-electron chi connectivity index (χ2n) is 5.09. The van der Waals surface area contributed by atoms with E-state index in [9.17, 15) is 0 Å². The third-order valence-electron chi connectivity index (χ3n) is 2.05. The highest BCUT2D eigenvalue weighted by Crippen LogP contribution is 2.10. The number of nitriles is 1. The summed E-state index contributed by atoms with van der Waals surface area (Å²) in [7, 11) is 0. The van der Waals surface area contributed by atoms with Crippen LogP contribution in [0.4, 0.5) is 0 Å². The van der Waals surface area contributed by atoms with Crippen molar-refractivity contribution >= 4 is 23.5 Å². The number of hydrogen-bond acceptors (Lipinski definition) is 4. The molecule has 0 aliphatic carbocycles. The molecule has 0 atom stereocenters. The zero-order chi connectivity index (χ0) is 15.0. The molecular weight excluding hydrogens is 272 g/mol. The van der Waals surface area contributed by atoms with Crippen molar-refractivity contribution in [1.29, 1.82) is 5.26 Å². The van der Waals surface area contributed by atoms with Gasteiger partial charge in [-0.25, -0.2) is 0 Å². The summed E-state index contributed by atoms with van der Waals surface area (Å²) in [6.45, 7) is 6.10. The van der Waals surface area contributed by atoms with Crippen molar-refractivity contribution in [3.8, 4) is 11.8 Å². The Morgan fingerprint density at radius 1 is 1.40 bits per heavy atom. The van der Waals surface area contributed by atoms with Gasteiger partial charge >= 0.3 is 0 Å². The van der Waals surface area contributed by atoms with E-state index in [1.165, 1.54) is 0 Å². The molecule has 6 heteroatoms. The molecule has 0 radical (unpaired) electrons. The topological polar surface area (TPSA) is 69.4 Å². The predicted octanol–water partition coefficient (Wildman–Crippen LogP) is 2.19. The molecule has 0 amide bonds. The zero-order valence-corrected chi connectivity index (χ0v) is 12.6. The molecule has 0 fully saturated rings. The van der Waals surface area contributed by atoms with Gasteiger partial charge in [0.1, 0.15) is 11.8 Å². The fourth-order valence-corrected chi connectivity index (χ4v) is 1.66. The molecule has 5 nitrogen and oxygen atoms in total. The lowest BCUT2D eigenvalue weighted by atomic mass is 10.1. The summed E-state index contributed by atoms with van der Waals surface area (Å²) in [5.41, 5.74) is 3.56. The van der Waals surface area contributed by atoms with Crippen LogP contribution in [0.15, 0.2) is 29.4 Å². The van der Waals surface area contributed by atoms with Crippen LogP contribution in [0.5, 0.6) is 5.75 Å². The molecule has 0 spiro atoms. The Bertz CT molecular complexity index is 511. The summed E-state index contributed by atoms with van der Waals surface area (Å²) in [6.07, 6.45) is 1.66. The zero-order valence-electron chi connectivity index (χ0n) is 11.8. The normalized spacial score (nSPS) is 10.9. The Labute approximate surface area is 124 Å². The molecule has 0 aromatic heterocycles. The molecule has 0 bridgehead atoms. The van der Waals surface area contributed by atoms with E-state index in [4.69, 9.17) is 22.2 Å². The lowest BCUT2D eigenvalue weighted by Crippen LogP contribution is -2.44. The minimum atomic E-state index is -0.0979. The highest BCUT2D eigenvalue weighted by molar-refractivity contribution is 7.80. The first kappa shape index (κ1) is 15.9. The van der Waals surface area contributed by atoms with Gasteiger partial charge in [-0.15, -0.1) is 0 Å². The van der Waals surface area contributed by atoms with Gasteiger partial charge in [0, 0.05) is 5.54 Å². The fraction of sp³-hybridized carbons (Fsp3) is 0.357. The largest absolute Gasteiger partial charge is 0.479 e. The highest BCUT2D eigenvalue weighted by Gasteiger charge is 2.09. The van der Waals surface area contributed by atoms with E-state index in [-0.39, 0.29) is 12.1 Å².